The Balaban J connectivity index is 1.81. The highest BCUT2D eigenvalue weighted by Crippen LogP contribution is 2.06. The summed E-state index contributed by atoms with van der Waals surface area (Å²) < 4.78 is 5.37. The van der Waals surface area contributed by atoms with Crippen molar-refractivity contribution in [3.63, 3.8) is 0 Å². The molecule has 0 saturated heterocycles. The van der Waals surface area contributed by atoms with E-state index in [0.717, 1.165) is 5.56 Å². The summed E-state index contributed by atoms with van der Waals surface area (Å²) in [7, 11) is 1.73. The lowest BCUT2D eigenvalue weighted by molar-refractivity contribution is -0.130. The SMILES string of the molecule is CCc1nnc(CN(C)C(=O)CCc2cn[nH]c2)o1. The minimum Gasteiger partial charge on any atom is -0.423 e. The zero-order valence-electron chi connectivity index (χ0n) is 11.1. The molecule has 0 saturated carbocycles. The molecule has 0 aliphatic carbocycles. The van der Waals surface area contributed by atoms with E-state index < -0.39 is 0 Å². The summed E-state index contributed by atoms with van der Waals surface area (Å²) in [6, 6.07) is 0. The molecule has 2 aromatic heterocycles. The van der Waals surface area contributed by atoms with Crippen LogP contribution in [0.5, 0.6) is 0 Å². The van der Waals surface area contributed by atoms with E-state index in [9.17, 15) is 4.79 Å². The van der Waals surface area contributed by atoms with Crippen LogP contribution < -0.4 is 0 Å². The van der Waals surface area contributed by atoms with Gasteiger partial charge in [-0.1, -0.05) is 6.92 Å². The molecular formula is C12H17N5O2. The number of aromatic amines is 1. The van der Waals surface area contributed by atoms with Gasteiger partial charge in [0.25, 0.3) is 0 Å². The average Bonchev–Trinajstić information content (AvgIpc) is 3.06. The molecule has 0 aliphatic heterocycles. The van der Waals surface area contributed by atoms with Crippen molar-refractivity contribution < 1.29 is 9.21 Å². The topological polar surface area (TPSA) is 87.9 Å². The van der Waals surface area contributed by atoms with Crippen molar-refractivity contribution in [2.45, 2.75) is 32.7 Å². The van der Waals surface area contributed by atoms with Crippen LogP contribution in [0.2, 0.25) is 0 Å². The molecule has 0 aromatic carbocycles. The van der Waals surface area contributed by atoms with E-state index in [1.807, 2.05) is 6.92 Å². The van der Waals surface area contributed by atoms with Crippen molar-refractivity contribution in [3.05, 3.63) is 29.7 Å². The molecule has 2 rings (SSSR count). The lowest BCUT2D eigenvalue weighted by atomic mass is 10.2. The van der Waals surface area contributed by atoms with Crippen molar-refractivity contribution in [1.82, 2.24) is 25.3 Å². The Hall–Kier alpha value is -2.18. The van der Waals surface area contributed by atoms with Crippen molar-refractivity contribution in [2.24, 2.45) is 0 Å². The normalized spacial score (nSPS) is 10.6. The Kier molecular flexibility index (Phi) is 4.27. The number of hydrogen-bond donors (Lipinski definition) is 1. The number of hydrogen-bond acceptors (Lipinski definition) is 5. The second-order valence-electron chi connectivity index (χ2n) is 4.30. The predicted octanol–water partition coefficient (Wildman–Crippen LogP) is 0.946. The maximum Gasteiger partial charge on any atom is 0.235 e. The third-order valence-corrected chi connectivity index (χ3v) is 2.79. The summed E-state index contributed by atoms with van der Waals surface area (Å²) >= 11 is 0. The molecule has 102 valence electrons. The van der Waals surface area contributed by atoms with Crippen molar-refractivity contribution in [2.75, 3.05) is 7.05 Å². The van der Waals surface area contributed by atoms with E-state index in [0.29, 0.717) is 37.6 Å². The first-order valence-electron chi connectivity index (χ1n) is 6.22. The molecule has 2 heterocycles. The van der Waals surface area contributed by atoms with Crippen LogP contribution in [0.1, 0.15) is 30.7 Å². The van der Waals surface area contributed by atoms with Crippen LogP contribution in [0.15, 0.2) is 16.8 Å². The molecule has 0 atom stereocenters. The van der Waals surface area contributed by atoms with Crippen LogP contribution in [0.25, 0.3) is 0 Å². The van der Waals surface area contributed by atoms with Gasteiger partial charge in [-0.15, -0.1) is 10.2 Å². The van der Waals surface area contributed by atoms with Gasteiger partial charge in [0.15, 0.2) is 0 Å². The smallest absolute Gasteiger partial charge is 0.235 e. The summed E-state index contributed by atoms with van der Waals surface area (Å²) in [4.78, 5) is 13.5. The van der Waals surface area contributed by atoms with Gasteiger partial charge >= 0.3 is 0 Å². The van der Waals surface area contributed by atoms with Gasteiger partial charge in [-0.2, -0.15) is 5.10 Å². The first-order valence-corrected chi connectivity index (χ1v) is 6.22. The van der Waals surface area contributed by atoms with Gasteiger partial charge in [-0.25, -0.2) is 0 Å². The van der Waals surface area contributed by atoms with Crippen LogP contribution in [-0.4, -0.2) is 38.2 Å². The average molecular weight is 263 g/mol. The van der Waals surface area contributed by atoms with Crippen LogP contribution in [-0.2, 0) is 24.2 Å². The minimum absolute atomic E-state index is 0.0393. The van der Waals surface area contributed by atoms with Gasteiger partial charge in [0.2, 0.25) is 17.7 Å². The number of amides is 1. The summed E-state index contributed by atoms with van der Waals surface area (Å²) in [5.74, 6) is 1.10. The second kappa shape index (κ2) is 6.12. The summed E-state index contributed by atoms with van der Waals surface area (Å²) in [5.41, 5.74) is 1.02. The predicted molar refractivity (Wildman–Crippen MR) is 67.1 cm³/mol. The number of H-pyrrole nitrogens is 1. The molecule has 0 spiro atoms. The summed E-state index contributed by atoms with van der Waals surface area (Å²) in [5, 5.41) is 14.3. The number of carbonyl (C=O) groups excluding carboxylic acids is 1. The molecule has 19 heavy (non-hydrogen) atoms. The maximum atomic E-state index is 11.9. The molecule has 0 aliphatic rings. The Morgan fingerprint density at radius 3 is 2.84 bits per heavy atom. The molecule has 0 bridgehead atoms. The number of nitrogens with one attached hydrogen (secondary N) is 1. The minimum atomic E-state index is 0.0393. The fraction of sp³-hybridized carbons (Fsp3) is 0.500. The summed E-state index contributed by atoms with van der Waals surface area (Å²) in [6.45, 7) is 2.29. The van der Waals surface area contributed by atoms with Gasteiger partial charge in [-0.05, 0) is 12.0 Å². The van der Waals surface area contributed by atoms with E-state index in [4.69, 9.17) is 4.42 Å². The van der Waals surface area contributed by atoms with E-state index >= 15 is 0 Å². The Morgan fingerprint density at radius 1 is 1.42 bits per heavy atom. The standard InChI is InChI=1S/C12H17N5O2/c1-3-10-15-16-11(19-10)8-17(2)12(18)5-4-9-6-13-14-7-9/h6-7H,3-5,8H2,1-2H3,(H,13,14). The largest absolute Gasteiger partial charge is 0.423 e. The van der Waals surface area contributed by atoms with Crippen LogP contribution in [0.3, 0.4) is 0 Å². The highest BCUT2D eigenvalue weighted by atomic mass is 16.4. The van der Waals surface area contributed by atoms with Gasteiger partial charge < -0.3 is 9.32 Å². The molecule has 7 nitrogen and oxygen atoms in total. The molecule has 0 unspecified atom stereocenters. The van der Waals surface area contributed by atoms with Gasteiger partial charge in [0, 0.05) is 26.1 Å². The molecule has 0 fully saturated rings. The third kappa shape index (κ3) is 3.64. The Morgan fingerprint density at radius 2 is 2.21 bits per heavy atom. The fourth-order valence-corrected chi connectivity index (χ4v) is 1.64. The summed E-state index contributed by atoms with van der Waals surface area (Å²) in [6.07, 6.45) is 5.32. The zero-order chi connectivity index (χ0) is 13.7. The quantitative estimate of drug-likeness (QED) is 0.838. The van der Waals surface area contributed by atoms with Crippen molar-refractivity contribution >= 4 is 5.91 Å². The van der Waals surface area contributed by atoms with Crippen molar-refractivity contribution in [1.29, 1.82) is 0 Å². The third-order valence-electron chi connectivity index (χ3n) is 2.79. The maximum absolute atomic E-state index is 11.9. The highest BCUT2D eigenvalue weighted by Gasteiger charge is 2.13. The van der Waals surface area contributed by atoms with E-state index in [-0.39, 0.29) is 5.91 Å². The van der Waals surface area contributed by atoms with Crippen molar-refractivity contribution in [3.8, 4) is 0 Å². The van der Waals surface area contributed by atoms with Gasteiger partial charge in [0.05, 0.1) is 12.7 Å². The second-order valence-corrected chi connectivity index (χ2v) is 4.30. The number of aromatic nitrogens is 4. The lowest BCUT2D eigenvalue weighted by Gasteiger charge is -2.14. The van der Waals surface area contributed by atoms with E-state index in [1.54, 1.807) is 24.3 Å². The van der Waals surface area contributed by atoms with Gasteiger partial charge in [0.1, 0.15) is 0 Å². The molecule has 7 heteroatoms. The van der Waals surface area contributed by atoms with Crippen LogP contribution in [0, 0.1) is 0 Å². The Labute approximate surface area is 111 Å². The molecule has 0 radical (unpaired) electrons. The highest BCUT2D eigenvalue weighted by molar-refractivity contribution is 5.76. The first kappa shape index (κ1) is 13.3. The van der Waals surface area contributed by atoms with E-state index in [2.05, 4.69) is 20.4 Å². The monoisotopic (exact) mass is 263 g/mol. The van der Waals surface area contributed by atoms with E-state index in [1.165, 1.54) is 0 Å². The first-order chi connectivity index (χ1) is 9.19. The zero-order valence-corrected chi connectivity index (χ0v) is 11.1. The Bertz CT molecular complexity index is 520. The number of nitrogens with zero attached hydrogens (tertiary/aromatic N) is 4. The molecule has 1 N–H and O–H groups in total. The fourth-order valence-electron chi connectivity index (χ4n) is 1.64. The molecule has 2 aromatic rings. The molecule has 1 amide bonds. The molecular weight excluding hydrogens is 246 g/mol. The van der Waals surface area contributed by atoms with Crippen LogP contribution in [0.4, 0.5) is 0 Å². The van der Waals surface area contributed by atoms with Crippen LogP contribution >= 0.6 is 0 Å². The number of aryl methyl sites for hydroxylation is 2. The number of rotatable bonds is 6. The van der Waals surface area contributed by atoms with Gasteiger partial charge in [-0.3, -0.25) is 9.89 Å². The lowest BCUT2D eigenvalue weighted by Crippen LogP contribution is -2.26. The number of carbonyl (C=O) groups is 1.